The molecule has 0 aliphatic heterocycles. The second-order valence-electron chi connectivity index (χ2n) is 4.56. The minimum atomic E-state index is -0.872. The summed E-state index contributed by atoms with van der Waals surface area (Å²) in [5.74, 6) is 3.84. The van der Waals surface area contributed by atoms with E-state index in [4.69, 9.17) is 5.84 Å². The molecule has 2 aromatic rings. The van der Waals surface area contributed by atoms with E-state index in [9.17, 15) is 8.78 Å². The topological polar surface area (TPSA) is 38.0 Å². The Bertz CT molecular complexity index is 597. The highest BCUT2D eigenvalue weighted by Gasteiger charge is 2.17. The van der Waals surface area contributed by atoms with Crippen LogP contribution in [0.4, 0.5) is 8.78 Å². The van der Waals surface area contributed by atoms with Crippen molar-refractivity contribution in [3.63, 3.8) is 0 Å². The Balaban J connectivity index is 2.50. The average Bonchev–Trinajstić information content (AvgIpc) is 2.39. The Kier molecular flexibility index (Phi) is 3.93. The molecule has 0 spiro atoms. The van der Waals surface area contributed by atoms with Crippen molar-refractivity contribution in [2.24, 2.45) is 5.84 Å². The number of rotatable bonds is 3. The fourth-order valence-electron chi connectivity index (χ4n) is 2.14. The molecular weight excluding hydrogens is 246 g/mol. The van der Waals surface area contributed by atoms with Gasteiger partial charge in [0.1, 0.15) is 0 Å². The number of hydrogen-bond donors (Lipinski definition) is 2. The molecular formula is C15H16F2N2. The van der Waals surface area contributed by atoms with Crippen molar-refractivity contribution in [2.45, 2.75) is 19.9 Å². The third kappa shape index (κ3) is 2.64. The Labute approximate surface area is 111 Å². The highest BCUT2D eigenvalue weighted by molar-refractivity contribution is 5.40. The molecule has 0 heterocycles. The van der Waals surface area contributed by atoms with Gasteiger partial charge < -0.3 is 0 Å². The highest BCUT2D eigenvalue weighted by Crippen LogP contribution is 2.26. The first-order valence-corrected chi connectivity index (χ1v) is 6.01. The number of hydrazine groups is 1. The summed E-state index contributed by atoms with van der Waals surface area (Å²) in [6.45, 7) is 3.98. The molecule has 0 amide bonds. The predicted octanol–water partition coefficient (Wildman–Crippen LogP) is 3.13. The van der Waals surface area contributed by atoms with E-state index in [0.29, 0.717) is 5.56 Å². The number of nitrogens with one attached hydrogen (secondary N) is 1. The molecule has 2 rings (SSSR count). The molecule has 4 heteroatoms. The highest BCUT2D eigenvalue weighted by atomic mass is 19.2. The molecule has 0 fully saturated rings. The third-order valence-corrected chi connectivity index (χ3v) is 3.40. The fraction of sp³-hybridized carbons (Fsp3) is 0.200. The lowest BCUT2D eigenvalue weighted by Crippen LogP contribution is -2.29. The van der Waals surface area contributed by atoms with Gasteiger partial charge in [-0.05, 0) is 48.2 Å². The van der Waals surface area contributed by atoms with E-state index >= 15 is 0 Å². The molecule has 19 heavy (non-hydrogen) atoms. The average molecular weight is 262 g/mol. The van der Waals surface area contributed by atoms with Crippen LogP contribution in [0.3, 0.4) is 0 Å². The SMILES string of the molecule is Cc1cccc(C(NN)c2ccc(F)c(F)c2)c1C. The van der Waals surface area contributed by atoms with E-state index in [0.717, 1.165) is 22.8 Å². The predicted molar refractivity (Wildman–Crippen MR) is 71.4 cm³/mol. The summed E-state index contributed by atoms with van der Waals surface area (Å²) >= 11 is 0. The molecule has 0 radical (unpaired) electrons. The van der Waals surface area contributed by atoms with Gasteiger partial charge in [-0.1, -0.05) is 24.3 Å². The van der Waals surface area contributed by atoms with Crippen molar-refractivity contribution in [3.8, 4) is 0 Å². The summed E-state index contributed by atoms with van der Waals surface area (Å²) in [6.07, 6.45) is 0. The van der Waals surface area contributed by atoms with E-state index in [1.807, 2.05) is 32.0 Å². The van der Waals surface area contributed by atoms with E-state index in [2.05, 4.69) is 5.43 Å². The number of hydrogen-bond acceptors (Lipinski definition) is 2. The first-order valence-electron chi connectivity index (χ1n) is 6.01. The quantitative estimate of drug-likeness (QED) is 0.658. The third-order valence-electron chi connectivity index (χ3n) is 3.40. The molecule has 0 bridgehead atoms. The van der Waals surface area contributed by atoms with Gasteiger partial charge in [-0.25, -0.2) is 14.2 Å². The molecule has 0 aliphatic carbocycles. The second kappa shape index (κ2) is 5.47. The normalized spacial score (nSPS) is 12.5. The summed E-state index contributed by atoms with van der Waals surface area (Å²) in [5, 5.41) is 0. The first-order chi connectivity index (χ1) is 9.04. The van der Waals surface area contributed by atoms with E-state index in [1.54, 1.807) is 0 Å². The van der Waals surface area contributed by atoms with Crippen molar-refractivity contribution in [1.82, 2.24) is 5.43 Å². The molecule has 0 aromatic heterocycles. The molecule has 0 aliphatic rings. The minimum Gasteiger partial charge on any atom is -0.271 e. The van der Waals surface area contributed by atoms with Crippen LogP contribution in [0.1, 0.15) is 28.3 Å². The summed E-state index contributed by atoms with van der Waals surface area (Å²) in [7, 11) is 0. The molecule has 0 saturated carbocycles. The van der Waals surface area contributed by atoms with Gasteiger partial charge in [0.25, 0.3) is 0 Å². The van der Waals surface area contributed by atoms with E-state index < -0.39 is 11.6 Å². The summed E-state index contributed by atoms with van der Waals surface area (Å²) in [5.41, 5.74) is 6.41. The zero-order valence-corrected chi connectivity index (χ0v) is 10.9. The maximum Gasteiger partial charge on any atom is 0.159 e. The number of benzene rings is 2. The number of aryl methyl sites for hydroxylation is 1. The Morgan fingerprint density at radius 3 is 2.42 bits per heavy atom. The molecule has 3 N–H and O–H groups in total. The van der Waals surface area contributed by atoms with Crippen molar-refractivity contribution in [3.05, 3.63) is 70.3 Å². The minimum absolute atomic E-state index is 0.366. The van der Waals surface area contributed by atoms with Gasteiger partial charge in [0, 0.05) is 0 Å². The van der Waals surface area contributed by atoms with Gasteiger partial charge in [0.2, 0.25) is 0 Å². The van der Waals surface area contributed by atoms with Crippen LogP contribution in [-0.4, -0.2) is 0 Å². The van der Waals surface area contributed by atoms with Gasteiger partial charge >= 0.3 is 0 Å². The standard InChI is InChI=1S/C15H16F2N2/c1-9-4-3-5-12(10(9)2)15(19-18)11-6-7-13(16)14(17)8-11/h3-8,15,19H,18H2,1-2H3. The molecule has 0 saturated heterocycles. The lowest BCUT2D eigenvalue weighted by atomic mass is 9.93. The lowest BCUT2D eigenvalue weighted by Gasteiger charge is -2.20. The molecule has 100 valence electrons. The zero-order chi connectivity index (χ0) is 14.0. The number of halogens is 2. The van der Waals surface area contributed by atoms with Crippen LogP contribution in [0.5, 0.6) is 0 Å². The fourth-order valence-corrected chi connectivity index (χ4v) is 2.14. The van der Waals surface area contributed by atoms with Gasteiger partial charge in [-0.2, -0.15) is 0 Å². The van der Waals surface area contributed by atoms with Crippen LogP contribution in [0.2, 0.25) is 0 Å². The largest absolute Gasteiger partial charge is 0.271 e. The van der Waals surface area contributed by atoms with Gasteiger partial charge in [-0.3, -0.25) is 5.84 Å². The van der Waals surface area contributed by atoms with Crippen LogP contribution in [0, 0.1) is 25.5 Å². The maximum absolute atomic E-state index is 13.3. The summed E-state index contributed by atoms with van der Waals surface area (Å²) < 4.78 is 26.3. The lowest BCUT2D eigenvalue weighted by molar-refractivity contribution is 0.504. The van der Waals surface area contributed by atoms with Crippen LogP contribution < -0.4 is 11.3 Å². The molecule has 2 nitrogen and oxygen atoms in total. The van der Waals surface area contributed by atoms with Gasteiger partial charge in [0.05, 0.1) is 6.04 Å². The van der Waals surface area contributed by atoms with Crippen LogP contribution in [-0.2, 0) is 0 Å². The van der Waals surface area contributed by atoms with E-state index in [-0.39, 0.29) is 6.04 Å². The summed E-state index contributed by atoms with van der Waals surface area (Å²) in [4.78, 5) is 0. The summed E-state index contributed by atoms with van der Waals surface area (Å²) in [6, 6.07) is 9.29. The smallest absolute Gasteiger partial charge is 0.159 e. The Morgan fingerprint density at radius 2 is 1.79 bits per heavy atom. The van der Waals surface area contributed by atoms with Crippen LogP contribution in [0.15, 0.2) is 36.4 Å². The van der Waals surface area contributed by atoms with Gasteiger partial charge in [0.15, 0.2) is 11.6 Å². The second-order valence-corrected chi connectivity index (χ2v) is 4.56. The zero-order valence-electron chi connectivity index (χ0n) is 10.9. The van der Waals surface area contributed by atoms with Crippen molar-refractivity contribution in [2.75, 3.05) is 0 Å². The Hall–Kier alpha value is -1.78. The Morgan fingerprint density at radius 1 is 1.05 bits per heavy atom. The molecule has 2 aromatic carbocycles. The van der Waals surface area contributed by atoms with Gasteiger partial charge in [-0.15, -0.1) is 0 Å². The monoisotopic (exact) mass is 262 g/mol. The van der Waals surface area contributed by atoms with Crippen molar-refractivity contribution in [1.29, 1.82) is 0 Å². The molecule has 1 unspecified atom stereocenters. The maximum atomic E-state index is 13.3. The number of nitrogens with two attached hydrogens (primary N) is 1. The van der Waals surface area contributed by atoms with Crippen molar-refractivity contribution >= 4 is 0 Å². The van der Waals surface area contributed by atoms with E-state index in [1.165, 1.54) is 12.1 Å². The molecule has 1 atom stereocenters. The van der Waals surface area contributed by atoms with Crippen molar-refractivity contribution < 1.29 is 8.78 Å². The van der Waals surface area contributed by atoms with Crippen LogP contribution >= 0.6 is 0 Å². The van der Waals surface area contributed by atoms with Crippen LogP contribution in [0.25, 0.3) is 0 Å². The first kappa shape index (κ1) is 13.6.